The number of nitrogens with one attached hydrogen (secondary N) is 1. The van der Waals surface area contributed by atoms with Crippen molar-refractivity contribution in [3.63, 3.8) is 0 Å². The first-order valence-electron chi connectivity index (χ1n) is 6.15. The summed E-state index contributed by atoms with van der Waals surface area (Å²) in [6, 6.07) is 6.85. The Balaban J connectivity index is 2.12. The smallest absolute Gasteiger partial charge is 0.335 e. The average molecular weight is 273 g/mol. The van der Waals surface area contributed by atoms with E-state index in [2.05, 4.69) is 9.97 Å². The fraction of sp³-hybridized carbons (Fsp3) is 0.214. The average Bonchev–Trinajstić information content (AvgIpc) is 2.45. The summed E-state index contributed by atoms with van der Waals surface area (Å²) < 4.78 is 0. The molecule has 2 N–H and O–H groups in total. The van der Waals surface area contributed by atoms with Gasteiger partial charge >= 0.3 is 5.97 Å². The zero-order valence-corrected chi connectivity index (χ0v) is 11.0. The van der Waals surface area contributed by atoms with Crippen LogP contribution in [-0.2, 0) is 6.42 Å². The second-order valence-corrected chi connectivity index (χ2v) is 4.38. The summed E-state index contributed by atoms with van der Waals surface area (Å²) in [6.45, 7) is 0.504. The summed E-state index contributed by atoms with van der Waals surface area (Å²) in [4.78, 5) is 31.0. The molecule has 1 heterocycles. The summed E-state index contributed by atoms with van der Waals surface area (Å²) in [5.41, 5.74) is 0.761. The van der Waals surface area contributed by atoms with Crippen LogP contribution >= 0.6 is 0 Å². The van der Waals surface area contributed by atoms with E-state index in [1.165, 1.54) is 12.4 Å². The molecule has 6 heteroatoms. The van der Waals surface area contributed by atoms with Gasteiger partial charge in [-0.3, -0.25) is 4.79 Å². The van der Waals surface area contributed by atoms with Gasteiger partial charge in [0.15, 0.2) is 5.82 Å². The molecule has 0 fully saturated rings. The third-order valence-corrected chi connectivity index (χ3v) is 3.01. The number of carboxylic acids is 1. The molecular weight excluding hydrogens is 258 g/mol. The lowest BCUT2D eigenvalue weighted by atomic mass is 10.0. The highest BCUT2D eigenvalue weighted by molar-refractivity contribution is 5.89. The van der Waals surface area contributed by atoms with Crippen molar-refractivity contribution in [2.24, 2.45) is 0 Å². The van der Waals surface area contributed by atoms with Crippen molar-refractivity contribution in [1.29, 1.82) is 0 Å². The number of aromatic nitrogens is 2. The number of likely N-dealkylation sites (N-methyl/N-ethyl adjacent to an activating group) is 1. The highest BCUT2D eigenvalue weighted by atomic mass is 16.4. The van der Waals surface area contributed by atoms with Crippen LogP contribution in [0.1, 0.15) is 15.9 Å². The Morgan fingerprint density at radius 3 is 2.85 bits per heavy atom. The maximum absolute atomic E-state index is 11.6. The van der Waals surface area contributed by atoms with Crippen LogP contribution in [0.2, 0.25) is 0 Å². The molecule has 6 nitrogen and oxygen atoms in total. The van der Waals surface area contributed by atoms with Gasteiger partial charge in [0.1, 0.15) is 0 Å². The zero-order valence-electron chi connectivity index (χ0n) is 11.0. The Morgan fingerprint density at radius 1 is 1.40 bits per heavy atom. The number of carboxylic acid groups (broad SMARTS) is 1. The minimum absolute atomic E-state index is 0.262. The Labute approximate surface area is 115 Å². The van der Waals surface area contributed by atoms with Gasteiger partial charge in [0.2, 0.25) is 0 Å². The molecule has 2 aromatic rings. The van der Waals surface area contributed by atoms with Crippen molar-refractivity contribution >= 4 is 11.8 Å². The second kappa shape index (κ2) is 6.01. The number of nitrogens with zero attached hydrogens (tertiary/aromatic N) is 2. The molecule has 0 aliphatic carbocycles. The number of rotatable bonds is 5. The lowest BCUT2D eigenvalue weighted by Gasteiger charge is -2.17. The minimum atomic E-state index is -0.945. The first-order valence-corrected chi connectivity index (χ1v) is 6.15. The number of benzene rings is 1. The van der Waals surface area contributed by atoms with Gasteiger partial charge in [0, 0.05) is 26.0 Å². The van der Waals surface area contributed by atoms with Crippen LogP contribution in [0.25, 0.3) is 0 Å². The van der Waals surface area contributed by atoms with E-state index >= 15 is 0 Å². The van der Waals surface area contributed by atoms with Gasteiger partial charge in [-0.25, -0.2) is 9.78 Å². The maximum atomic E-state index is 11.6. The molecule has 2 rings (SSSR count). The van der Waals surface area contributed by atoms with Gasteiger partial charge in [-0.2, -0.15) is 0 Å². The first-order chi connectivity index (χ1) is 9.59. The van der Waals surface area contributed by atoms with Gasteiger partial charge in [0.25, 0.3) is 5.56 Å². The quantitative estimate of drug-likeness (QED) is 0.853. The summed E-state index contributed by atoms with van der Waals surface area (Å²) in [7, 11) is 1.75. The van der Waals surface area contributed by atoms with Gasteiger partial charge < -0.3 is 15.0 Å². The minimum Gasteiger partial charge on any atom is -0.478 e. The fourth-order valence-corrected chi connectivity index (χ4v) is 1.96. The van der Waals surface area contributed by atoms with Crippen molar-refractivity contribution in [2.75, 3.05) is 18.5 Å². The van der Waals surface area contributed by atoms with E-state index < -0.39 is 5.97 Å². The number of H-pyrrole nitrogens is 1. The van der Waals surface area contributed by atoms with Crippen LogP contribution in [0.15, 0.2) is 41.5 Å². The molecule has 20 heavy (non-hydrogen) atoms. The van der Waals surface area contributed by atoms with Gasteiger partial charge in [0.05, 0.1) is 5.56 Å². The van der Waals surface area contributed by atoms with E-state index in [1.54, 1.807) is 36.2 Å². The molecule has 0 aliphatic heterocycles. The van der Waals surface area contributed by atoms with Gasteiger partial charge in [-0.1, -0.05) is 18.2 Å². The third kappa shape index (κ3) is 3.03. The Hall–Kier alpha value is -2.63. The van der Waals surface area contributed by atoms with E-state index in [-0.39, 0.29) is 11.1 Å². The van der Waals surface area contributed by atoms with Crippen molar-refractivity contribution in [1.82, 2.24) is 9.97 Å². The van der Waals surface area contributed by atoms with Gasteiger partial charge in [-0.15, -0.1) is 0 Å². The lowest BCUT2D eigenvalue weighted by Crippen LogP contribution is -2.28. The molecule has 0 bridgehead atoms. The van der Waals surface area contributed by atoms with Crippen LogP contribution in [0.3, 0.4) is 0 Å². The van der Waals surface area contributed by atoms with Gasteiger partial charge in [-0.05, 0) is 18.1 Å². The molecule has 0 spiro atoms. The summed E-state index contributed by atoms with van der Waals surface area (Å²) in [5.74, 6) is -0.626. The highest BCUT2D eigenvalue weighted by Gasteiger charge is 2.11. The van der Waals surface area contributed by atoms with E-state index in [9.17, 15) is 9.59 Å². The predicted octanol–water partition coefficient (Wildman–Crippen LogP) is 1.15. The van der Waals surface area contributed by atoms with Crippen LogP contribution in [0, 0.1) is 0 Å². The molecular formula is C14H15N3O3. The highest BCUT2D eigenvalue weighted by Crippen LogP contribution is 2.11. The van der Waals surface area contributed by atoms with Crippen LogP contribution < -0.4 is 10.5 Å². The lowest BCUT2D eigenvalue weighted by molar-refractivity contribution is 0.0695. The van der Waals surface area contributed by atoms with E-state index in [4.69, 9.17) is 5.11 Å². The number of anilines is 1. The normalized spacial score (nSPS) is 10.2. The van der Waals surface area contributed by atoms with Crippen LogP contribution in [-0.4, -0.2) is 34.6 Å². The van der Waals surface area contributed by atoms with Crippen molar-refractivity contribution < 1.29 is 9.90 Å². The molecule has 0 saturated carbocycles. The molecule has 0 radical (unpaired) electrons. The number of aromatic carboxylic acids is 1. The second-order valence-electron chi connectivity index (χ2n) is 4.38. The molecule has 0 saturated heterocycles. The SMILES string of the molecule is CN(CCc1ccccc1C(=O)O)c1ncc[nH]c1=O. The molecule has 0 unspecified atom stereocenters. The largest absolute Gasteiger partial charge is 0.478 e. The standard InChI is InChI=1S/C14H15N3O3/c1-17(12-13(18)16-8-7-15-12)9-6-10-4-2-3-5-11(10)14(19)20/h2-5,7-8H,6,9H2,1H3,(H,16,18)(H,19,20). The van der Waals surface area contributed by atoms with Crippen molar-refractivity contribution in [3.8, 4) is 0 Å². The summed E-state index contributed by atoms with van der Waals surface area (Å²) in [6.07, 6.45) is 3.51. The van der Waals surface area contributed by atoms with Crippen molar-refractivity contribution in [3.05, 3.63) is 58.1 Å². The zero-order chi connectivity index (χ0) is 14.5. The molecule has 0 atom stereocenters. The maximum Gasteiger partial charge on any atom is 0.335 e. The number of hydrogen-bond donors (Lipinski definition) is 2. The Kier molecular flexibility index (Phi) is 4.14. The van der Waals surface area contributed by atoms with Crippen LogP contribution in [0.4, 0.5) is 5.82 Å². The number of hydrogen-bond acceptors (Lipinski definition) is 4. The number of aromatic amines is 1. The topological polar surface area (TPSA) is 86.3 Å². The summed E-state index contributed by atoms with van der Waals surface area (Å²) >= 11 is 0. The predicted molar refractivity (Wildman–Crippen MR) is 75.2 cm³/mol. The van der Waals surface area contributed by atoms with E-state index in [0.717, 1.165) is 5.56 Å². The molecule has 104 valence electrons. The molecule has 1 aromatic heterocycles. The molecule has 1 aromatic carbocycles. The van der Waals surface area contributed by atoms with E-state index in [0.29, 0.717) is 18.8 Å². The van der Waals surface area contributed by atoms with Crippen LogP contribution in [0.5, 0.6) is 0 Å². The molecule has 0 amide bonds. The first kappa shape index (κ1) is 13.8. The monoisotopic (exact) mass is 273 g/mol. The fourth-order valence-electron chi connectivity index (χ4n) is 1.96. The van der Waals surface area contributed by atoms with E-state index in [1.807, 2.05) is 0 Å². The molecule has 0 aliphatic rings. The third-order valence-electron chi connectivity index (χ3n) is 3.01. The van der Waals surface area contributed by atoms with Crippen molar-refractivity contribution in [2.45, 2.75) is 6.42 Å². The summed E-state index contributed by atoms with van der Waals surface area (Å²) in [5, 5.41) is 9.11. The Morgan fingerprint density at radius 2 is 2.15 bits per heavy atom. The Bertz CT molecular complexity index is 666. The number of carbonyl (C=O) groups is 1.